The Bertz CT molecular complexity index is 47.7. The van der Waals surface area contributed by atoms with E-state index in [1.807, 2.05) is 0 Å². The van der Waals surface area contributed by atoms with Crippen LogP contribution in [-0.4, -0.2) is 34.8 Å². The Morgan fingerprint density at radius 1 is 1.25 bits per heavy atom. The van der Waals surface area contributed by atoms with Crippen molar-refractivity contribution in [1.82, 2.24) is 0 Å². The van der Waals surface area contributed by atoms with Crippen molar-refractivity contribution < 1.29 is 8.53 Å². The van der Waals surface area contributed by atoms with E-state index in [4.69, 9.17) is 8.53 Å². The van der Waals surface area contributed by atoms with E-state index in [0.29, 0.717) is 0 Å². The lowest BCUT2D eigenvalue weighted by Crippen LogP contribution is -2.11. The van der Waals surface area contributed by atoms with Crippen LogP contribution >= 0.6 is 0 Å². The average Bonchev–Trinajstić information content (AvgIpc) is 1.66. The maximum absolute atomic E-state index is 5.30. The molecule has 3 heteroatoms. The van der Waals surface area contributed by atoms with Gasteiger partial charge in [-0.05, 0) is 0 Å². The third kappa shape index (κ3) is 6.45. The van der Waals surface area contributed by atoms with Crippen LogP contribution in [0.2, 0.25) is 11.6 Å². The molecule has 0 saturated carbocycles. The molecular weight excluding hydrogens is 119 g/mol. The lowest BCUT2D eigenvalue weighted by atomic mass is 10.8. The van der Waals surface area contributed by atoms with E-state index in [1.165, 1.54) is 0 Å². The molecule has 0 spiro atoms. The molecule has 0 unspecified atom stereocenters. The summed E-state index contributed by atoms with van der Waals surface area (Å²) in [5, 5.41) is 0. The van der Waals surface area contributed by atoms with Gasteiger partial charge >= 0.3 is 14.5 Å². The van der Waals surface area contributed by atoms with Crippen LogP contribution in [0, 0.1) is 0 Å². The first kappa shape index (κ1) is 8.45. The Morgan fingerprint density at radius 2 is 1.88 bits per heavy atom. The summed E-state index contributed by atoms with van der Waals surface area (Å²) in [6.07, 6.45) is 0. The first-order chi connectivity index (χ1) is 3.77. The molecule has 0 atom stereocenters. The molecule has 0 rings (SSSR count). The predicted octanol–water partition coefficient (Wildman–Crippen LogP) is 0.901. The zero-order valence-electron chi connectivity index (χ0n) is 5.81. The average molecular weight is 132 g/mol. The third-order valence-electron chi connectivity index (χ3n) is 0.739. The number of hydrogen-bond donors (Lipinski definition) is 0. The van der Waals surface area contributed by atoms with Crippen LogP contribution < -0.4 is 0 Å². The summed E-state index contributed by atoms with van der Waals surface area (Å²) in [5.74, 6) is 4.30. The first-order valence-electron chi connectivity index (χ1n) is 2.88. The van der Waals surface area contributed by atoms with E-state index in [2.05, 4.69) is 11.6 Å². The van der Waals surface area contributed by atoms with Gasteiger partial charge in [-0.1, -0.05) is 11.6 Å². The van der Waals surface area contributed by atoms with Crippen molar-refractivity contribution in [3.8, 4) is 0 Å². The number of hydrogen-bond acceptors (Lipinski definition) is 2. The maximum Gasteiger partial charge on any atom is 0.454 e. The standard InChI is InChI=1S/C3H7O2.2CH3.Al/c1-5-3-2-4;;;/h2-3H2,1H3;2*1H3;/q-1;;;+1. The molecule has 0 N–H and O–H groups in total. The van der Waals surface area contributed by atoms with Crippen LogP contribution in [0.15, 0.2) is 0 Å². The number of rotatable bonds is 4. The lowest BCUT2D eigenvalue weighted by Gasteiger charge is -2.01. The second-order valence-corrected chi connectivity index (χ2v) is 4.34. The topological polar surface area (TPSA) is 18.5 Å². The summed E-state index contributed by atoms with van der Waals surface area (Å²) < 4.78 is 10.1. The second kappa shape index (κ2) is 5.59. The molecule has 2 nitrogen and oxygen atoms in total. The summed E-state index contributed by atoms with van der Waals surface area (Å²) in [7, 11) is 1.69. The Morgan fingerprint density at radius 3 is 2.25 bits per heavy atom. The van der Waals surface area contributed by atoms with Crippen molar-refractivity contribution in [2.75, 3.05) is 20.3 Å². The summed E-state index contributed by atoms with van der Waals surface area (Å²) in [6, 6.07) is 0. The van der Waals surface area contributed by atoms with Gasteiger partial charge in [0.1, 0.15) is 0 Å². The van der Waals surface area contributed by atoms with E-state index >= 15 is 0 Å². The highest BCUT2D eigenvalue weighted by molar-refractivity contribution is 6.48. The normalized spacial score (nSPS) is 9.38. The molecule has 0 aromatic carbocycles. The molecule has 0 aliphatic rings. The molecule has 0 fully saturated rings. The van der Waals surface area contributed by atoms with Crippen molar-refractivity contribution >= 4 is 14.5 Å². The fourth-order valence-electron chi connectivity index (χ4n) is 0.367. The Labute approximate surface area is 55.5 Å². The van der Waals surface area contributed by atoms with Crippen molar-refractivity contribution in [3.63, 3.8) is 0 Å². The van der Waals surface area contributed by atoms with Gasteiger partial charge in [0.2, 0.25) is 0 Å². The van der Waals surface area contributed by atoms with Gasteiger partial charge in [0.15, 0.2) is 0 Å². The van der Waals surface area contributed by atoms with Crippen molar-refractivity contribution in [1.29, 1.82) is 0 Å². The van der Waals surface area contributed by atoms with Gasteiger partial charge in [-0.2, -0.15) is 0 Å². The molecule has 0 amide bonds. The summed E-state index contributed by atoms with van der Waals surface area (Å²) in [5.41, 5.74) is 0. The highest BCUT2D eigenvalue weighted by Gasteiger charge is 2.01. The zero-order valence-corrected chi connectivity index (χ0v) is 6.96. The monoisotopic (exact) mass is 132 g/mol. The Balaban J connectivity index is 2.72. The molecule has 0 aliphatic carbocycles. The zero-order chi connectivity index (χ0) is 6.41. The fraction of sp³-hybridized carbons (Fsp3) is 1.00. The van der Waals surface area contributed by atoms with Crippen molar-refractivity contribution in [3.05, 3.63) is 0 Å². The van der Waals surface area contributed by atoms with Crippen molar-refractivity contribution in [2.45, 2.75) is 11.6 Å². The minimum absolute atomic E-state index is 0.727. The van der Waals surface area contributed by atoms with E-state index in [1.54, 1.807) is 7.11 Å². The summed E-state index contributed by atoms with van der Waals surface area (Å²) in [6.45, 7) is 1.49. The van der Waals surface area contributed by atoms with E-state index in [0.717, 1.165) is 13.2 Å². The smallest absolute Gasteiger partial charge is 0.454 e. The van der Waals surface area contributed by atoms with Gasteiger partial charge in [-0.3, -0.25) is 0 Å². The van der Waals surface area contributed by atoms with Gasteiger partial charge in [0, 0.05) is 13.7 Å². The van der Waals surface area contributed by atoms with Gasteiger partial charge in [-0.25, -0.2) is 0 Å². The SMILES string of the molecule is COCC[O][Al]([CH3])[CH3]. The molecule has 0 bridgehead atoms. The molecule has 0 heterocycles. The Kier molecular flexibility index (Phi) is 5.90. The maximum atomic E-state index is 5.30. The van der Waals surface area contributed by atoms with Gasteiger partial charge in [0.05, 0.1) is 6.61 Å². The molecule has 48 valence electrons. The van der Waals surface area contributed by atoms with E-state index in [9.17, 15) is 0 Å². The molecule has 0 saturated heterocycles. The summed E-state index contributed by atoms with van der Waals surface area (Å²) >= 11 is -0.782. The fourth-order valence-corrected chi connectivity index (χ4v) is 0.935. The minimum atomic E-state index is -0.782. The van der Waals surface area contributed by atoms with Crippen LogP contribution in [0.25, 0.3) is 0 Å². The van der Waals surface area contributed by atoms with Crippen molar-refractivity contribution in [2.24, 2.45) is 0 Å². The highest BCUT2D eigenvalue weighted by Crippen LogP contribution is 1.81. The quantitative estimate of drug-likeness (QED) is 0.418. The highest BCUT2D eigenvalue weighted by atomic mass is 27.2. The first-order valence-corrected chi connectivity index (χ1v) is 5.66. The van der Waals surface area contributed by atoms with Crippen LogP contribution in [0.1, 0.15) is 0 Å². The molecule has 8 heavy (non-hydrogen) atoms. The number of methoxy groups -OCH3 is 1. The Hall–Kier alpha value is 0.452. The third-order valence-corrected chi connectivity index (χ3v) is 1.64. The molecule has 0 radical (unpaired) electrons. The lowest BCUT2D eigenvalue weighted by molar-refractivity contribution is 0.147. The molecule has 0 aromatic rings. The molecule has 0 aliphatic heterocycles. The van der Waals surface area contributed by atoms with Crippen LogP contribution in [0.4, 0.5) is 0 Å². The minimum Gasteiger partial charge on any atom is -0.499 e. The second-order valence-electron chi connectivity index (χ2n) is 1.91. The predicted molar refractivity (Wildman–Crippen MR) is 35.3 cm³/mol. The number of ether oxygens (including phenoxy) is 1. The summed E-state index contributed by atoms with van der Waals surface area (Å²) in [4.78, 5) is 0. The van der Waals surface area contributed by atoms with Gasteiger partial charge < -0.3 is 8.53 Å². The van der Waals surface area contributed by atoms with Crippen LogP contribution in [0.3, 0.4) is 0 Å². The molecule has 0 aromatic heterocycles. The largest absolute Gasteiger partial charge is 0.499 e. The van der Waals surface area contributed by atoms with Crippen LogP contribution in [-0.2, 0) is 8.53 Å². The molecular formula is C5H13AlO2. The van der Waals surface area contributed by atoms with Crippen LogP contribution in [0.5, 0.6) is 0 Å². The van der Waals surface area contributed by atoms with Gasteiger partial charge in [0.25, 0.3) is 0 Å². The van der Waals surface area contributed by atoms with E-state index in [-0.39, 0.29) is 0 Å². The van der Waals surface area contributed by atoms with Gasteiger partial charge in [-0.15, -0.1) is 0 Å². The van der Waals surface area contributed by atoms with E-state index < -0.39 is 14.5 Å².